The summed E-state index contributed by atoms with van der Waals surface area (Å²) in [6, 6.07) is 6.07. The molecule has 110 valence electrons. The first kappa shape index (κ1) is 14.0. The largest absolute Gasteiger partial charge is 0.328 e. The molecule has 2 aromatic heterocycles. The molecule has 3 heterocycles. The van der Waals surface area contributed by atoms with Crippen molar-refractivity contribution in [1.29, 1.82) is 0 Å². The first-order chi connectivity index (χ1) is 10.1. The Morgan fingerprint density at radius 2 is 1.95 bits per heavy atom. The van der Waals surface area contributed by atoms with Crippen molar-refractivity contribution in [3.8, 4) is 0 Å². The molecule has 1 saturated heterocycles. The highest BCUT2D eigenvalue weighted by Crippen LogP contribution is 2.35. The van der Waals surface area contributed by atoms with E-state index in [1.807, 2.05) is 12.1 Å². The summed E-state index contributed by atoms with van der Waals surface area (Å²) >= 11 is 0. The van der Waals surface area contributed by atoms with Crippen LogP contribution < -0.4 is 5.56 Å². The van der Waals surface area contributed by atoms with Crippen LogP contribution in [0.1, 0.15) is 24.4 Å². The van der Waals surface area contributed by atoms with Gasteiger partial charge in [0, 0.05) is 31.2 Å². The van der Waals surface area contributed by atoms with E-state index in [2.05, 4.69) is 9.97 Å². The predicted octanol–water partition coefficient (Wildman–Crippen LogP) is 1.30. The number of rotatable bonds is 3. The van der Waals surface area contributed by atoms with Crippen molar-refractivity contribution >= 4 is 10.0 Å². The summed E-state index contributed by atoms with van der Waals surface area (Å²) in [5, 5.41) is 0. The van der Waals surface area contributed by atoms with Gasteiger partial charge in [-0.1, -0.05) is 0 Å². The first-order valence-electron chi connectivity index (χ1n) is 6.69. The smallest absolute Gasteiger partial charge is 0.247 e. The highest BCUT2D eigenvalue weighted by atomic mass is 32.2. The number of aromatic nitrogens is 2. The standard InChI is InChI=1S/C14H15N3O3S/c18-14-4-3-12(10-16-14)21(19,20)17-9-1-2-13(17)11-5-7-15-8-6-11/h3-8,10,13H,1-2,9H2,(H,16,18). The lowest BCUT2D eigenvalue weighted by atomic mass is 10.1. The zero-order chi connectivity index (χ0) is 14.9. The number of hydrogen-bond acceptors (Lipinski definition) is 4. The monoisotopic (exact) mass is 305 g/mol. The van der Waals surface area contributed by atoms with Crippen LogP contribution in [0, 0.1) is 0 Å². The molecule has 1 aliphatic heterocycles. The average Bonchev–Trinajstić information content (AvgIpc) is 2.99. The van der Waals surface area contributed by atoms with Crippen molar-refractivity contribution in [1.82, 2.24) is 14.3 Å². The lowest BCUT2D eigenvalue weighted by Crippen LogP contribution is -2.31. The van der Waals surface area contributed by atoms with Gasteiger partial charge in [-0.25, -0.2) is 8.42 Å². The Hall–Kier alpha value is -1.99. The molecule has 0 aliphatic carbocycles. The molecule has 1 N–H and O–H groups in total. The van der Waals surface area contributed by atoms with Crippen LogP contribution >= 0.6 is 0 Å². The Bertz CT molecular complexity index is 766. The molecule has 1 aliphatic rings. The highest BCUT2D eigenvalue weighted by molar-refractivity contribution is 7.89. The molecule has 1 fully saturated rings. The van der Waals surface area contributed by atoms with Crippen molar-refractivity contribution < 1.29 is 8.42 Å². The number of pyridine rings is 2. The molecule has 0 radical (unpaired) electrons. The fourth-order valence-electron chi connectivity index (χ4n) is 2.64. The van der Waals surface area contributed by atoms with Crippen molar-refractivity contribution in [2.45, 2.75) is 23.8 Å². The van der Waals surface area contributed by atoms with Crippen molar-refractivity contribution in [3.63, 3.8) is 0 Å². The summed E-state index contributed by atoms with van der Waals surface area (Å²) < 4.78 is 26.9. The summed E-state index contributed by atoms with van der Waals surface area (Å²) in [6.45, 7) is 0.481. The molecule has 0 bridgehead atoms. The van der Waals surface area contributed by atoms with Gasteiger partial charge < -0.3 is 4.98 Å². The zero-order valence-electron chi connectivity index (χ0n) is 11.3. The number of aromatic amines is 1. The van der Waals surface area contributed by atoms with E-state index in [0.717, 1.165) is 18.4 Å². The Morgan fingerprint density at radius 1 is 1.19 bits per heavy atom. The maximum absolute atomic E-state index is 12.7. The van der Waals surface area contributed by atoms with E-state index in [1.165, 1.54) is 22.6 Å². The van der Waals surface area contributed by atoms with E-state index >= 15 is 0 Å². The van der Waals surface area contributed by atoms with Gasteiger partial charge in [-0.05, 0) is 36.6 Å². The van der Waals surface area contributed by atoms with Crippen LogP contribution in [0.4, 0.5) is 0 Å². The van der Waals surface area contributed by atoms with Gasteiger partial charge in [0.05, 0.1) is 10.9 Å². The fourth-order valence-corrected chi connectivity index (χ4v) is 4.29. The number of sulfonamides is 1. The van der Waals surface area contributed by atoms with Gasteiger partial charge in [0.2, 0.25) is 15.6 Å². The highest BCUT2D eigenvalue weighted by Gasteiger charge is 2.36. The van der Waals surface area contributed by atoms with Crippen molar-refractivity contribution in [2.24, 2.45) is 0 Å². The Kier molecular flexibility index (Phi) is 3.60. The summed E-state index contributed by atoms with van der Waals surface area (Å²) in [6.07, 6.45) is 6.18. The second-order valence-corrected chi connectivity index (χ2v) is 6.83. The third-order valence-corrected chi connectivity index (χ3v) is 5.56. The number of H-pyrrole nitrogens is 1. The van der Waals surface area contributed by atoms with Crippen molar-refractivity contribution in [3.05, 3.63) is 58.8 Å². The molecule has 0 spiro atoms. The van der Waals surface area contributed by atoms with E-state index in [4.69, 9.17) is 0 Å². The molecule has 1 atom stereocenters. The van der Waals surface area contributed by atoms with Crippen LogP contribution in [0.2, 0.25) is 0 Å². The molecule has 3 rings (SSSR count). The molecular weight excluding hydrogens is 290 g/mol. The summed E-state index contributed by atoms with van der Waals surface area (Å²) in [7, 11) is -3.61. The quantitative estimate of drug-likeness (QED) is 0.926. The number of nitrogens with zero attached hydrogens (tertiary/aromatic N) is 2. The number of nitrogens with one attached hydrogen (secondary N) is 1. The van der Waals surface area contributed by atoms with Crippen LogP contribution in [-0.2, 0) is 10.0 Å². The molecule has 21 heavy (non-hydrogen) atoms. The molecule has 0 aromatic carbocycles. The predicted molar refractivity (Wildman–Crippen MR) is 77.2 cm³/mol. The third-order valence-electron chi connectivity index (χ3n) is 3.66. The minimum absolute atomic E-state index is 0.114. The van der Waals surface area contributed by atoms with E-state index in [0.29, 0.717) is 6.54 Å². The normalized spacial score (nSPS) is 19.7. The van der Waals surface area contributed by atoms with Crippen LogP contribution in [0.25, 0.3) is 0 Å². The molecule has 7 heteroatoms. The van der Waals surface area contributed by atoms with Gasteiger partial charge in [-0.15, -0.1) is 0 Å². The van der Waals surface area contributed by atoms with E-state index < -0.39 is 10.0 Å². The lowest BCUT2D eigenvalue weighted by Gasteiger charge is -2.24. The summed E-state index contributed by atoms with van der Waals surface area (Å²) in [4.78, 5) is 17.6. The summed E-state index contributed by atoms with van der Waals surface area (Å²) in [5.41, 5.74) is 0.622. The second-order valence-electron chi connectivity index (χ2n) is 4.94. The Morgan fingerprint density at radius 3 is 2.62 bits per heavy atom. The second kappa shape index (κ2) is 5.42. The Balaban J connectivity index is 1.98. The molecule has 0 saturated carbocycles. The zero-order valence-corrected chi connectivity index (χ0v) is 12.1. The van der Waals surface area contributed by atoms with Crippen LogP contribution in [0.15, 0.2) is 52.5 Å². The minimum Gasteiger partial charge on any atom is -0.328 e. The van der Waals surface area contributed by atoms with E-state index in [1.54, 1.807) is 12.4 Å². The van der Waals surface area contributed by atoms with Gasteiger partial charge in [0.1, 0.15) is 0 Å². The van der Waals surface area contributed by atoms with Gasteiger partial charge in [-0.2, -0.15) is 4.31 Å². The Labute approximate surface area is 122 Å². The lowest BCUT2D eigenvalue weighted by molar-refractivity contribution is 0.396. The van der Waals surface area contributed by atoms with Crippen LogP contribution in [0.5, 0.6) is 0 Å². The number of hydrogen-bond donors (Lipinski definition) is 1. The van der Waals surface area contributed by atoms with E-state index in [-0.39, 0.29) is 16.5 Å². The fraction of sp³-hybridized carbons (Fsp3) is 0.286. The molecule has 2 aromatic rings. The molecule has 6 nitrogen and oxygen atoms in total. The molecule has 0 amide bonds. The molecular formula is C14H15N3O3S. The summed E-state index contributed by atoms with van der Waals surface area (Å²) in [5.74, 6) is 0. The van der Waals surface area contributed by atoms with Gasteiger partial charge in [-0.3, -0.25) is 9.78 Å². The van der Waals surface area contributed by atoms with Crippen LogP contribution in [-0.4, -0.2) is 29.2 Å². The first-order valence-corrected chi connectivity index (χ1v) is 8.13. The minimum atomic E-state index is -3.61. The average molecular weight is 305 g/mol. The van der Waals surface area contributed by atoms with Gasteiger partial charge in [0.25, 0.3) is 0 Å². The molecule has 1 unspecified atom stereocenters. The maximum Gasteiger partial charge on any atom is 0.247 e. The third kappa shape index (κ3) is 2.62. The van der Waals surface area contributed by atoms with Crippen LogP contribution in [0.3, 0.4) is 0 Å². The maximum atomic E-state index is 12.7. The van der Waals surface area contributed by atoms with Gasteiger partial charge >= 0.3 is 0 Å². The van der Waals surface area contributed by atoms with Gasteiger partial charge in [0.15, 0.2) is 0 Å². The van der Waals surface area contributed by atoms with E-state index in [9.17, 15) is 13.2 Å². The topological polar surface area (TPSA) is 83.1 Å². The van der Waals surface area contributed by atoms with Crippen molar-refractivity contribution in [2.75, 3.05) is 6.54 Å². The SMILES string of the molecule is O=c1ccc(S(=O)(=O)N2CCCC2c2ccncc2)c[nH]1.